The van der Waals surface area contributed by atoms with Crippen molar-refractivity contribution in [2.75, 3.05) is 21.3 Å². The van der Waals surface area contributed by atoms with Crippen molar-refractivity contribution >= 4 is 41.7 Å². The number of nitrogens with zero attached hydrogens (tertiary/aromatic N) is 2. The highest BCUT2D eigenvalue weighted by Gasteiger charge is 2.21. The number of hydrogen-bond acceptors (Lipinski definition) is 8. The van der Waals surface area contributed by atoms with Crippen LogP contribution in [-0.4, -0.2) is 37.0 Å². The van der Waals surface area contributed by atoms with E-state index in [1.165, 1.54) is 32.7 Å². The van der Waals surface area contributed by atoms with Gasteiger partial charge in [-0.15, -0.1) is 17.9 Å². The number of aromatic nitrogens is 1. The standard InChI is InChI=1S/C19H18N2O5S2/c1-5-6-21-17(22)15(28-19(21)27)8-11-14(25-3)9-13(24-2)10-7-12(18(23)26-4)20-16(10)11/h5,7-9,22H,1,6H2,2-4H3/b11-8+. The average Bonchev–Trinajstić information content (AvgIpc) is 3.25. The van der Waals surface area contributed by atoms with E-state index in [2.05, 4.69) is 11.6 Å². The number of methoxy groups -OCH3 is 3. The summed E-state index contributed by atoms with van der Waals surface area (Å²) in [5.41, 5.74) is 0.781. The summed E-state index contributed by atoms with van der Waals surface area (Å²) in [6, 6.07) is 1.70. The van der Waals surface area contributed by atoms with E-state index in [9.17, 15) is 9.90 Å². The zero-order chi connectivity index (χ0) is 20.4. The van der Waals surface area contributed by atoms with Gasteiger partial charge in [0.15, 0.2) is 3.95 Å². The summed E-state index contributed by atoms with van der Waals surface area (Å²) >= 11 is 6.57. The van der Waals surface area contributed by atoms with Gasteiger partial charge in [-0.2, -0.15) is 0 Å². The Morgan fingerprint density at radius 2 is 2.07 bits per heavy atom. The van der Waals surface area contributed by atoms with Crippen LogP contribution in [0, 0.1) is 3.95 Å². The fourth-order valence-corrected chi connectivity index (χ4v) is 4.09. The summed E-state index contributed by atoms with van der Waals surface area (Å²) in [6.07, 6.45) is 4.98. The van der Waals surface area contributed by atoms with Crippen molar-refractivity contribution in [3.63, 3.8) is 0 Å². The van der Waals surface area contributed by atoms with Crippen molar-refractivity contribution in [3.8, 4) is 17.4 Å². The highest BCUT2D eigenvalue weighted by Crippen LogP contribution is 2.28. The maximum Gasteiger partial charge on any atom is 0.356 e. The smallest absolute Gasteiger partial charge is 0.356 e. The van der Waals surface area contributed by atoms with E-state index in [0.717, 1.165) is 0 Å². The number of benzene rings is 1. The van der Waals surface area contributed by atoms with E-state index in [0.29, 0.717) is 43.0 Å². The SMILES string of the molecule is C=CCn1c(O)c(/C=c2\c(OC)cc(OC)c3c2=NC(C(=O)OC)=C3)sc1=S. The van der Waals surface area contributed by atoms with Crippen LogP contribution in [0.4, 0.5) is 0 Å². The molecule has 0 amide bonds. The molecule has 3 rings (SSSR count). The Hall–Kier alpha value is -2.91. The van der Waals surface area contributed by atoms with Crippen LogP contribution in [0.1, 0.15) is 10.4 Å². The van der Waals surface area contributed by atoms with Crippen molar-refractivity contribution < 1.29 is 24.1 Å². The van der Waals surface area contributed by atoms with Gasteiger partial charge in [0.05, 0.1) is 31.6 Å². The molecule has 1 aromatic carbocycles. The van der Waals surface area contributed by atoms with E-state index in [4.69, 9.17) is 26.4 Å². The number of thiazole rings is 1. The van der Waals surface area contributed by atoms with E-state index in [1.807, 2.05) is 0 Å². The molecular formula is C19H18N2O5S2. The van der Waals surface area contributed by atoms with Gasteiger partial charge < -0.3 is 19.3 Å². The molecule has 0 radical (unpaired) electrons. The van der Waals surface area contributed by atoms with Gasteiger partial charge in [-0.05, 0) is 24.4 Å². The monoisotopic (exact) mass is 418 g/mol. The first-order valence-corrected chi connectivity index (χ1v) is 9.36. The lowest BCUT2D eigenvalue weighted by Gasteiger charge is -2.08. The summed E-state index contributed by atoms with van der Waals surface area (Å²) in [4.78, 5) is 16.9. The van der Waals surface area contributed by atoms with Crippen LogP contribution in [0.15, 0.2) is 29.4 Å². The number of aromatic hydroxyl groups is 1. The Morgan fingerprint density at radius 1 is 1.36 bits per heavy atom. The van der Waals surface area contributed by atoms with Crippen LogP contribution in [0.25, 0.3) is 12.2 Å². The summed E-state index contributed by atoms with van der Waals surface area (Å²) < 4.78 is 17.8. The summed E-state index contributed by atoms with van der Waals surface area (Å²) in [5, 5.41) is 11.6. The molecule has 0 saturated carbocycles. The quantitative estimate of drug-likeness (QED) is 0.440. The molecule has 28 heavy (non-hydrogen) atoms. The Kier molecular flexibility index (Phi) is 5.66. The molecule has 0 unspecified atom stereocenters. The largest absolute Gasteiger partial charge is 0.496 e. The number of rotatable bonds is 6. The maximum atomic E-state index is 11.9. The van der Waals surface area contributed by atoms with Crippen molar-refractivity contribution in [2.45, 2.75) is 6.54 Å². The second-order valence-electron chi connectivity index (χ2n) is 5.69. The molecule has 2 heterocycles. The second kappa shape index (κ2) is 7.99. The Bertz CT molecular complexity index is 1170. The number of carbonyl (C=O) groups excluding carboxylic acids is 1. The molecule has 0 aliphatic carbocycles. The van der Waals surface area contributed by atoms with Crippen LogP contribution < -0.4 is 20.0 Å². The first-order valence-electron chi connectivity index (χ1n) is 8.14. The first kappa shape index (κ1) is 19.8. The zero-order valence-corrected chi connectivity index (χ0v) is 17.1. The fourth-order valence-electron chi connectivity index (χ4n) is 2.82. The minimum atomic E-state index is -0.557. The van der Waals surface area contributed by atoms with Crippen LogP contribution in [0.5, 0.6) is 17.4 Å². The van der Waals surface area contributed by atoms with Crippen molar-refractivity contribution in [1.29, 1.82) is 0 Å². The van der Waals surface area contributed by atoms with E-state index in [1.54, 1.807) is 28.9 Å². The van der Waals surface area contributed by atoms with Gasteiger partial charge in [0.2, 0.25) is 5.88 Å². The zero-order valence-electron chi connectivity index (χ0n) is 15.5. The van der Waals surface area contributed by atoms with Crippen LogP contribution in [0.2, 0.25) is 0 Å². The number of ether oxygens (including phenoxy) is 3. The summed E-state index contributed by atoms with van der Waals surface area (Å²) in [5.74, 6) is 0.458. The average molecular weight is 418 g/mol. The normalized spacial score (nSPS) is 12.8. The number of carbonyl (C=O) groups is 1. The van der Waals surface area contributed by atoms with Gasteiger partial charge in [0.25, 0.3) is 0 Å². The number of esters is 1. The Balaban J connectivity index is 2.33. The Morgan fingerprint density at radius 3 is 2.68 bits per heavy atom. The lowest BCUT2D eigenvalue weighted by Crippen LogP contribution is -2.28. The number of allylic oxidation sites excluding steroid dienone is 1. The highest BCUT2D eigenvalue weighted by atomic mass is 32.1. The predicted molar refractivity (Wildman–Crippen MR) is 109 cm³/mol. The van der Waals surface area contributed by atoms with Crippen molar-refractivity contribution in [2.24, 2.45) is 4.99 Å². The molecule has 1 aliphatic rings. The topological polar surface area (TPSA) is 82.3 Å². The molecule has 0 bridgehead atoms. The third-order valence-electron chi connectivity index (χ3n) is 4.13. The summed E-state index contributed by atoms with van der Waals surface area (Å²) in [7, 11) is 4.33. The summed E-state index contributed by atoms with van der Waals surface area (Å²) in [6.45, 7) is 4.07. The van der Waals surface area contributed by atoms with Gasteiger partial charge in [-0.25, -0.2) is 9.79 Å². The van der Waals surface area contributed by atoms with Gasteiger partial charge >= 0.3 is 5.97 Å². The predicted octanol–water partition coefficient (Wildman–Crippen LogP) is 2.16. The van der Waals surface area contributed by atoms with Crippen LogP contribution >= 0.6 is 23.6 Å². The highest BCUT2D eigenvalue weighted by molar-refractivity contribution is 7.73. The molecule has 0 saturated heterocycles. The van der Waals surface area contributed by atoms with Gasteiger partial charge in [-0.1, -0.05) is 6.08 Å². The third-order valence-corrected chi connectivity index (χ3v) is 5.52. The van der Waals surface area contributed by atoms with Gasteiger partial charge in [0, 0.05) is 23.4 Å². The molecule has 0 fully saturated rings. The van der Waals surface area contributed by atoms with Crippen LogP contribution in [-0.2, 0) is 16.1 Å². The van der Waals surface area contributed by atoms with Gasteiger partial charge in [-0.3, -0.25) is 4.57 Å². The van der Waals surface area contributed by atoms with Crippen LogP contribution in [0.3, 0.4) is 0 Å². The lowest BCUT2D eigenvalue weighted by atomic mass is 10.1. The van der Waals surface area contributed by atoms with Crippen molar-refractivity contribution in [3.05, 3.63) is 49.4 Å². The maximum absolute atomic E-state index is 11.9. The molecule has 7 nitrogen and oxygen atoms in total. The van der Waals surface area contributed by atoms with E-state index in [-0.39, 0.29) is 11.6 Å². The number of hydrogen-bond donors (Lipinski definition) is 1. The van der Waals surface area contributed by atoms with E-state index >= 15 is 0 Å². The minimum Gasteiger partial charge on any atom is -0.496 e. The molecule has 146 valence electrons. The molecule has 1 N–H and O–H groups in total. The molecule has 9 heteroatoms. The molecule has 1 aromatic heterocycles. The van der Waals surface area contributed by atoms with Gasteiger partial charge in [0.1, 0.15) is 17.2 Å². The molecule has 1 aliphatic heterocycles. The molecule has 0 atom stereocenters. The second-order valence-corrected chi connectivity index (χ2v) is 7.37. The Labute approximate surface area is 170 Å². The molecular weight excluding hydrogens is 400 g/mol. The first-order chi connectivity index (χ1) is 13.4. The number of fused-ring (bicyclic) bond motifs is 1. The lowest BCUT2D eigenvalue weighted by molar-refractivity contribution is -0.136. The fraction of sp³-hybridized carbons (Fsp3) is 0.211. The molecule has 0 spiro atoms. The third kappa shape index (κ3) is 3.34. The molecule has 2 aromatic rings. The van der Waals surface area contributed by atoms with E-state index < -0.39 is 5.97 Å². The van der Waals surface area contributed by atoms with Crippen molar-refractivity contribution in [1.82, 2.24) is 4.57 Å². The minimum absolute atomic E-state index is 0.0284.